The Labute approximate surface area is 226 Å². The number of nitrogens with zero attached hydrogens (tertiary/aromatic N) is 6. The summed E-state index contributed by atoms with van der Waals surface area (Å²) in [5.41, 5.74) is 3.68. The minimum Gasteiger partial charge on any atom is -0.395 e. The molecule has 2 saturated carbocycles. The molecule has 13 heteroatoms. The Bertz CT molecular complexity index is 1430. The third-order valence-corrected chi connectivity index (χ3v) is 9.67. The van der Waals surface area contributed by atoms with Crippen molar-refractivity contribution in [1.82, 2.24) is 24.8 Å². The van der Waals surface area contributed by atoms with Crippen molar-refractivity contribution in [2.24, 2.45) is 5.41 Å². The molecule has 0 amide bonds. The fraction of sp³-hybridized carbons (Fsp3) is 0.577. The third kappa shape index (κ3) is 5.65. The monoisotopic (exact) mass is 561 g/mol. The van der Waals surface area contributed by atoms with Crippen LogP contribution in [-0.2, 0) is 10.0 Å². The van der Waals surface area contributed by atoms with Gasteiger partial charge in [0.2, 0.25) is 15.9 Å². The van der Waals surface area contributed by atoms with E-state index in [1.165, 1.54) is 12.8 Å². The van der Waals surface area contributed by atoms with Crippen LogP contribution in [0.3, 0.4) is 0 Å². The molecule has 39 heavy (non-hydrogen) atoms. The van der Waals surface area contributed by atoms with Gasteiger partial charge in [-0.05, 0) is 68.2 Å². The second kappa shape index (κ2) is 9.84. The maximum Gasteiger partial charge on any atom is 0.248 e. The summed E-state index contributed by atoms with van der Waals surface area (Å²) in [7, 11) is -3.67. The molecule has 3 aliphatic rings. The minimum absolute atomic E-state index is 0.0592. The standard InChI is InChI=1S/C26H33F2N7O3S/c27-26(28)6-3-20(4-7-26)34-12-5-21(30-34)22-18-35(32-29-22)23-2-1-19(31-39(37,38)16-15-36)17-24(23)33-13-10-25(8-9-25)11-14-33/h1-2,5,12,17-18,20,31,36H,3-4,6-11,13-16H2. The van der Waals surface area contributed by atoms with E-state index in [-0.39, 0.29) is 24.6 Å². The number of halogens is 2. The van der Waals surface area contributed by atoms with Crippen LogP contribution in [0.4, 0.5) is 20.2 Å². The van der Waals surface area contributed by atoms with Gasteiger partial charge in [-0.3, -0.25) is 9.40 Å². The third-order valence-electron chi connectivity index (χ3n) is 8.40. The minimum atomic E-state index is -3.67. The van der Waals surface area contributed by atoms with Crippen LogP contribution in [0.25, 0.3) is 17.1 Å². The highest BCUT2D eigenvalue weighted by Crippen LogP contribution is 2.54. The maximum absolute atomic E-state index is 13.6. The number of piperidine rings is 1. The van der Waals surface area contributed by atoms with Crippen LogP contribution in [0.1, 0.15) is 57.4 Å². The van der Waals surface area contributed by atoms with E-state index in [1.54, 1.807) is 21.6 Å². The highest BCUT2D eigenvalue weighted by molar-refractivity contribution is 7.92. The summed E-state index contributed by atoms with van der Waals surface area (Å²) < 4.78 is 57.7. The summed E-state index contributed by atoms with van der Waals surface area (Å²) in [5.74, 6) is -2.97. The molecule has 210 valence electrons. The molecule has 1 spiro atoms. The number of hydrogen-bond donors (Lipinski definition) is 2. The lowest BCUT2D eigenvalue weighted by molar-refractivity contribution is -0.0449. The van der Waals surface area contributed by atoms with Gasteiger partial charge in [-0.1, -0.05) is 5.21 Å². The zero-order chi connectivity index (χ0) is 27.3. The van der Waals surface area contributed by atoms with Gasteiger partial charge in [0.15, 0.2) is 0 Å². The quantitative estimate of drug-likeness (QED) is 0.427. The molecule has 2 aliphatic carbocycles. The predicted molar refractivity (Wildman–Crippen MR) is 143 cm³/mol. The first-order chi connectivity index (χ1) is 18.6. The molecule has 2 aromatic heterocycles. The molecular formula is C26H33F2N7O3S. The van der Waals surface area contributed by atoms with Gasteiger partial charge in [0.05, 0.1) is 41.7 Å². The van der Waals surface area contributed by atoms with Crippen molar-refractivity contribution in [3.8, 4) is 17.1 Å². The van der Waals surface area contributed by atoms with E-state index in [1.807, 2.05) is 24.4 Å². The Morgan fingerprint density at radius 2 is 1.74 bits per heavy atom. The van der Waals surface area contributed by atoms with Crippen LogP contribution in [0.15, 0.2) is 36.7 Å². The Morgan fingerprint density at radius 3 is 2.44 bits per heavy atom. The second-order valence-electron chi connectivity index (χ2n) is 11.2. The fourth-order valence-corrected chi connectivity index (χ4v) is 6.58. The molecular weight excluding hydrogens is 528 g/mol. The molecule has 3 aromatic rings. The average molecular weight is 562 g/mol. The largest absolute Gasteiger partial charge is 0.395 e. The first-order valence-electron chi connectivity index (χ1n) is 13.5. The molecule has 3 heterocycles. The topological polar surface area (TPSA) is 118 Å². The van der Waals surface area contributed by atoms with Crippen LogP contribution in [0.5, 0.6) is 0 Å². The first kappa shape index (κ1) is 26.2. The van der Waals surface area contributed by atoms with Gasteiger partial charge in [0.1, 0.15) is 11.4 Å². The van der Waals surface area contributed by atoms with E-state index in [4.69, 9.17) is 5.11 Å². The Balaban J connectivity index is 1.26. The number of benzene rings is 1. The Hall–Kier alpha value is -3.06. The van der Waals surface area contributed by atoms with Crippen LogP contribution < -0.4 is 9.62 Å². The molecule has 3 fully saturated rings. The average Bonchev–Trinajstić information content (AvgIpc) is 3.28. The lowest BCUT2D eigenvalue weighted by atomic mass is 9.92. The van der Waals surface area contributed by atoms with Gasteiger partial charge < -0.3 is 10.0 Å². The van der Waals surface area contributed by atoms with Crippen LogP contribution in [0, 0.1) is 5.41 Å². The van der Waals surface area contributed by atoms with Gasteiger partial charge in [-0.15, -0.1) is 5.10 Å². The van der Waals surface area contributed by atoms with Crippen molar-refractivity contribution >= 4 is 21.4 Å². The molecule has 0 atom stereocenters. The van der Waals surface area contributed by atoms with Gasteiger partial charge in [-0.2, -0.15) is 5.10 Å². The van der Waals surface area contributed by atoms with Crippen molar-refractivity contribution < 1.29 is 22.3 Å². The van der Waals surface area contributed by atoms with Crippen molar-refractivity contribution in [3.63, 3.8) is 0 Å². The van der Waals surface area contributed by atoms with Gasteiger partial charge in [-0.25, -0.2) is 21.9 Å². The van der Waals surface area contributed by atoms with E-state index >= 15 is 0 Å². The summed E-state index contributed by atoms with van der Waals surface area (Å²) in [4.78, 5) is 2.26. The van der Waals surface area contributed by atoms with Crippen LogP contribution >= 0.6 is 0 Å². The second-order valence-corrected chi connectivity index (χ2v) is 13.0. The number of anilines is 2. The number of rotatable bonds is 8. The lowest BCUT2D eigenvalue weighted by Gasteiger charge is -2.35. The maximum atomic E-state index is 13.6. The molecule has 10 nitrogen and oxygen atoms in total. The molecule has 0 unspecified atom stereocenters. The summed E-state index contributed by atoms with van der Waals surface area (Å²) >= 11 is 0. The summed E-state index contributed by atoms with van der Waals surface area (Å²) in [6.45, 7) is 1.28. The van der Waals surface area contributed by atoms with E-state index in [0.717, 1.165) is 37.3 Å². The number of alkyl halides is 2. The summed E-state index contributed by atoms with van der Waals surface area (Å²) in [5, 5.41) is 22.4. The molecule has 0 radical (unpaired) electrons. The van der Waals surface area contributed by atoms with E-state index in [2.05, 4.69) is 25.0 Å². The zero-order valence-corrected chi connectivity index (χ0v) is 22.5. The van der Waals surface area contributed by atoms with E-state index in [9.17, 15) is 17.2 Å². The number of hydrogen-bond acceptors (Lipinski definition) is 7. The normalized spacial score (nSPS) is 20.8. The Kier molecular flexibility index (Phi) is 6.61. The van der Waals surface area contributed by atoms with Gasteiger partial charge in [0, 0.05) is 32.1 Å². The van der Waals surface area contributed by atoms with Crippen LogP contribution in [-0.4, -0.2) is 69.7 Å². The summed E-state index contributed by atoms with van der Waals surface area (Å²) in [6, 6.07) is 7.06. The molecule has 2 N–H and O–H groups in total. The Morgan fingerprint density at radius 1 is 1.00 bits per heavy atom. The van der Waals surface area contributed by atoms with Crippen molar-refractivity contribution in [2.75, 3.05) is 35.1 Å². The van der Waals surface area contributed by atoms with Crippen LogP contribution in [0.2, 0.25) is 0 Å². The number of aliphatic hydroxyl groups excluding tert-OH is 1. The van der Waals surface area contributed by atoms with Crippen molar-refractivity contribution in [3.05, 3.63) is 36.7 Å². The highest BCUT2D eigenvalue weighted by atomic mass is 32.2. The van der Waals surface area contributed by atoms with Crippen molar-refractivity contribution in [1.29, 1.82) is 0 Å². The molecule has 6 rings (SSSR count). The zero-order valence-electron chi connectivity index (χ0n) is 21.6. The first-order valence-corrected chi connectivity index (χ1v) is 15.2. The smallest absolute Gasteiger partial charge is 0.248 e. The van der Waals surface area contributed by atoms with E-state index < -0.39 is 22.6 Å². The van der Waals surface area contributed by atoms with Gasteiger partial charge >= 0.3 is 0 Å². The SMILES string of the molecule is O=S(=O)(CCO)Nc1ccc(-n2cc(-c3ccn(C4CCC(F)(F)CC4)n3)nn2)c(N2CCC3(CC2)CC3)c1. The fourth-order valence-electron chi connectivity index (χ4n) is 5.75. The number of aromatic nitrogens is 5. The molecule has 1 saturated heterocycles. The lowest BCUT2D eigenvalue weighted by Crippen LogP contribution is -2.35. The molecule has 0 bridgehead atoms. The number of sulfonamides is 1. The summed E-state index contributed by atoms with van der Waals surface area (Å²) in [6.07, 6.45) is 8.84. The molecule has 1 aliphatic heterocycles. The predicted octanol–water partition coefficient (Wildman–Crippen LogP) is 4.00. The number of aliphatic hydroxyl groups is 1. The molecule has 1 aromatic carbocycles. The van der Waals surface area contributed by atoms with Crippen molar-refractivity contribution in [2.45, 2.75) is 63.3 Å². The van der Waals surface area contributed by atoms with Gasteiger partial charge in [0.25, 0.3) is 0 Å². The highest BCUT2D eigenvalue weighted by Gasteiger charge is 2.44. The number of nitrogens with one attached hydrogen (secondary N) is 1. The van der Waals surface area contributed by atoms with E-state index in [0.29, 0.717) is 35.3 Å².